The molecule has 0 heterocycles. The molecule has 0 saturated carbocycles. The molecule has 2 rings (SSSR count). The maximum Gasteiger partial charge on any atom is 0.319 e. The fourth-order valence-electron chi connectivity index (χ4n) is 1.98. The number of urea groups is 1. The first kappa shape index (κ1) is 14.7. The Kier molecular flexibility index (Phi) is 5.04. The van der Waals surface area contributed by atoms with E-state index < -0.39 is 0 Å². The minimum Gasteiger partial charge on any atom is -0.508 e. The number of ether oxygens (including phenoxy) is 1. The van der Waals surface area contributed by atoms with Gasteiger partial charge in [0.05, 0.1) is 7.11 Å². The number of nitrogens with one attached hydrogen (secondary N) is 2. The molecular formula is C16H18N2O3. The van der Waals surface area contributed by atoms with Gasteiger partial charge in [-0.15, -0.1) is 0 Å². The van der Waals surface area contributed by atoms with Crippen LogP contribution in [0.1, 0.15) is 5.56 Å². The molecule has 0 spiro atoms. The minimum atomic E-state index is -0.310. The zero-order chi connectivity index (χ0) is 15.1. The summed E-state index contributed by atoms with van der Waals surface area (Å²) in [5.74, 6) is 0.925. The third-order valence-electron chi connectivity index (χ3n) is 2.98. The standard InChI is InChI=1S/C16H18N2O3/c1-21-15-8-3-2-5-12(15)9-10-17-16(20)18-13-6-4-7-14(19)11-13/h2-8,11,19H,9-10H2,1H3,(H2,17,18,20). The molecule has 0 saturated heterocycles. The summed E-state index contributed by atoms with van der Waals surface area (Å²) in [6.45, 7) is 0.491. The smallest absolute Gasteiger partial charge is 0.319 e. The highest BCUT2D eigenvalue weighted by atomic mass is 16.5. The van der Waals surface area contributed by atoms with E-state index in [1.54, 1.807) is 25.3 Å². The van der Waals surface area contributed by atoms with Crippen molar-refractivity contribution in [1.29, 1.82) is 0 Å². The SMILES string of the molecule is COc1ccccc1CCNC(=O)Nc1cccc(O)c1. The van der Waals surface area contributed by atoms with E-state index in [9.17, 15) is 9.90 Å². The van der Waals surface area contributed by atoms with Gasteiger partial charge in [-0.3, -0.25) is 0 Å². The maximum absolute atomic E-state index is 11.7. The number of para-hydroxylation sites is 1. The molecule has 0 aliphatic carbocycles. The second-order valence-corrected chi connectivity index (χ2v) is 4.49. The number of phenolic OH excluding ortho intramolecular Hbond substituents is 1. The molecular weight excluding hydrogens is 268 g/mol. The van der Waals surface area contributed by atoms with E-state index >= 15 is 0 Å². The molecule has 0 aliphatic heterocycles. The largest absolute Gasteiger partial charge is 0.508 e. The van der Waals surface area contributed by atoms with Crippen LogP contribution in [0.15, 0.2) is 48.5 Å². The van der Waals surface area contributed by atoms with Crippen molar-refractivity contribution in [3.8, 4) is 11.5 Å². The van der Waals surface area contributed by atoms with Crippen molar-refractivity contribution in [2.24, 2.45) is 0 Å². The van der Waals surface area contributed by atoms with Crippen LogP contribution in [0, 0.1) is 0 Å². The van der Waals surface area contributed by atoms with Gasteiger partial charge >= 0.3 is 6.03 Å². The summed E-state index contributed by atoms with van der Waals surface area (Å²) in [6.07, 6.45) is 0.678. The fourth-order valence-corrected chi connectivity index (χ4v) is 1.98. The number of phenols is 1. The predicted molar refractivity (Wildman–Crippen MR) is 81.8 cm³/mol. The number of rotatable bonds is 5. The number of hydrogen-bond acceptors (Lipinski definition) is 3. The van der Waals surface area contributed by atoms with Gasteiger partial charge in [-0.2, -0.15) is 0 Å². The number of anilines is 1. The van der Waals surface area contributed by atoms with Crippen LogP contribution < -0.4 is 15.4 Å². The van der Waals surface area contributed by atoms with Crippen LogP contribution in [0.4, 0.5) is 10.5 Å². The highest BCUT2D eigenvalue weighted by molar-refractivity contribution is 5.89. The molecule has 5 heteroatoms. The van der Waals surface area contributed by atoms with Crippen molar-refractivity contribution in [3.63, 3.8) is 0 Å². The number of methoxy groups -OCH3 is 1. The molecule has 110 valence electrons. The molecule has 21 heavy (non-hydrogen) atoms. The second-order valence-electron chi connectivity index (χ2n) is 4.49. The van der Waals surface area contributed by atoms with Gasteiger partial charge in [-0.25, -0.2) is 4.79 Å². The summed E-state index contributed by atoms with van der Waals surface area (Å²) in [4.78, 5) is 11.7. The van der Waals surface area contributed by atoms with Gasteiger partial charge < -0.3 is 20.5 Å². The molecule has 2 amide bonds. The van der Waals surface area contributed by atoms with Crippen molar-refractivity contribution in [1.82, 2.24) is 5.32 Å². The second kappa shape index (κ2) is 7.19. The van der Waals surface area contributed by atoms with Crippen LogP contribution in [-0.4, -0.2) is 24.8 Å². The average Bonchev–Trinajstić information content (AvgIpc) is 2.47. The number of benzene rings is 2. The first-order chi connectivity index (χ1) is 10.2. The quantitative estimate of drug-likeness (QED) is 0.791. The molecule has 0 fully saturated rings. The van der Waals surface area contributed by atoms with E-state index in [4.69, 9.17) is 4.74 Å². The number of carbonyl (C=O) groups excluding carboxylic acids is 1. The molecule has 2 aromatic rings. The van der Waals surface area contributed by atoms with Crippen molar-refractivity contribution >= 4 is 11.7 Å². The van der Waals surface area contributed by atoms with E-state index in [2.05, 4.69) is 10.6 Å². The average molecular weight is 286 g/mol. The van der Waals surface area contributed by atoms with Gasteiger partial charge in [0.2, 0.25) is 0 Å². The van der Waals surface area contributed by atoms with Crippen molar-refractivity contribution in [2.75, 3.05) is 19.0 Å². The molecule has 0 aliphatic rings. The zero-order valence-corrected chi connectivity index (χ0v) is 11.8. The summed E-state index contributed by atoms with van der Waals surface area (Å²) >= 11 is 0. The van der Waals surface area contributed by atoms with Gasteiger partial charge in [0.25, 0.3) is 0 Å². The van der Waals surface area contributed by atoms with Crippen LogP contribution >= 0.6 is 0 Å². The van der Waals surface area contributed by atoms with Crippen LogP contribution in [-0.2, 0) is 6.42 Å². The van der Waals surface area contributed by atoms with E-state index in [0.717, 1.165) is 11.3 Å². The van der Waals surface area contributed by atoms with Crippen LogP contribution in [0.3, 0.4) is 0 Å². The van der Waals surface area contributed by atoms with E-state index in [0.29, 0.717) is 18.7 Å². The third-order valence-corrected chi connectivity index (χ3v) is 2.98. The molecule has 0 atom stereocenters. The van der Waals surface area contributed by atoms with Crippen LogP contribution in [0.25, 0.3) is 0 Å². The molecule has 3 N–H and O–H groups in total. The monoisotopic (exact) mass is 286 g/mol. The van der Waals surface area contributed by atoms with E-state index in [-0.39, 0.29) is 11.8 Å². The molecule has 0 unspecified atom stereocenters. The Morgan fingerprint density at radius 3 is 2.76 bits per heavy atom. The summed E-state index contributed by atoms with van der Waals surface area (Å²) in [5, 5.41) is 14.7. The molecule has 2 aromatic carbocycles. The van der Waals surface area contributed by atoms with E-state index in [1.807, 2.05) is 24.3 Å². The topological polar surface area (TPSA) is 70.6 Å². The Morgan fingerprint density at radius 2 is 2.00 bits per heavy atom. The normalized spacial score (nSPS) is 9.95. The third kappa shape index (κ3) is 4.42. The number of aromatic hydroxyl groups is 1. The number of amides is 2. The van der Waals surface area contributed by atoms with Crippen LogP contribution in [0.5, 0.6) is 11.5 Å². The fraction of sp³-hybridized carbons (Fsp3) is 0.188. The lowest BCUT2D eigenvalue weighted by Crippen LogP contribution is -2.30. The summed E-state index contributed by atoms with van der Waals surface area (Å²) in [5.41, 5.74) is 1.59. The molecule has 0 bridgehead atoms. The molecule has 5 nitrogen and oxygen atoms in total. The van der Waals surface area contributed by atoms with Crippen molar-refractivity contribution in [3.05, 3.63) is 54.1 Å². The van der Waals surface area contributed by atoms with Gasteiger partial charge in [-0.1, -0.05) is 24.3 Å². The first-order valence-electron chi connectivity index (χ1n) is 6.65. The summed E-state index contributed by atoms with van der Waals surface area (Å²) in [7, 11) is 1.63. The lowest BCUT2D eigenvalue weighted by atomic mass is 10.1. The Balaban J connectivity index is 1.82. The summed E-state index contributed by atoms with van der Waals surface area (Å²) < 4.78 is 5.26. The minimum absolute atomic E-state index is 0.113. The number of hydrogen-bond donors (Lipinski definition) is 3. The first-order valence-corrected chi connectivity index (χ1v) is 6.65. The van der Waals surface area contributed by atoms with Crippen molar-refractivity contribution < 1.29 is 14.6 Å². The Hall–Kier alpha value is -2.69. The number of carbonyl (C=O) groups is 1. The highest BCUT2D eigenvalue weighted by Gasteiger charge is 2.04. The Labute approximate surface area is 123 Å². The maximum atomic E-state index is 11.7. The van der Waals surface area contributed by atoms with Gasteiger partial charge in [-0.05, 0) is 30.2 Å². The lowest BCUT2D eigenvalue weighted by Gasteiger charge is -2.10. The molecule has 0 aromatic heterocycles. The Morgan fingerprint density at radius 1 is 1.19 bits per heavy atom. The molecule has 0 radical (unpaired) electrons. The zero-order valence-electron chi connectivity index (χ0n) is 11.8. The van der Waals surface area contributed by atoms with Crippen LogP contribution in [0.2, 0.25) is 0 Å². The van der Waals surface area contributed by atoms with E-state index in [1.165, 1.54) is 6.07 Å². The van der Waals surface area contributed by atoms with Gasteiger partial charge in [0.1, 0.15) is 11.5 Å². The summed E-state index contributed by atoms with van der Waals surface area (Å²) in [6, 6.07) is 13.8. The predicted octanol–water partition coefficient (Wildman–Crippen LogP) is 2.76. The Bertz CT molecular complexity index is 614. The van der Waals surface area contributed by atoms with Crippen molar-refractivity contribution in [2.45, 2.75) is 6.42 Å². The van der Waals surface area contributed by atoms with Gasteiger partial charge in [0, 0.05) is 18.3 Å². The van der Waals surface area contributed by atoms with Gasteiger partial charge in [0.15, 0.2) is 0 Å². The highest BCUT2D eigenvalue weighted by Crippen LogP contribution is 2.17. The lowest BCUT2D eigenvalue weighted by molar-refractivity contribution is 0.252.